The summed E-state index contributed by atoms with van der Waals surface area (Å²) < 4.78 is 0. The predicted molar refractivity (Wildman–Crippen MR) is 63.3 cm³/mol. The minimum absolute atomic E-state index is 0.771. The van der Waals surface area contributed by atoms with Gasteiger partial charge < -0.3 is 4.90 Å². The van der Waals surface area contributed by atoms with Crippen LogP contribution in [-0.4, -0.2) is 17.0 Å². The van der Waals surface area contributed by atoms with Gasteiger partial charge in [0.25, 0.3) is 0 Å². The van der Waals surface area contributed by atoms with E-state index in [0.717, 1.165) is 12.1 Å². The second-order valence-electron chi connectivity index (χ2n) is 4.28. The van der Waals surface area contributed by atoms with Crippen LogP contribution in [0, 0.1) is 0 Å². The first kappa shape index (κ1) is 11.6. The minimum Gasteiger partial charge on any atom is -0.369 e. The van der Waals surface area contributed by atoms with Crippen molar-refractivity contribution in [3.05, 3.63) is 11.8 Å². The van der Waals surface area contributed by atoms with E-state index in [2.05, 4.69) is 24.8 Å². The molecule has 0 aromatic rings. The van der Waals surface area contributed by atoms with Gasteiger partial charge in [0, 0.05) is 17.8 Å². The quantitative estimate of drug-likeness (QED) is 0.612. The highest BCUT2D eigenvalue weighted by atomic mass is 15.2. The molecule has 1 nitrogen and oxygen atoms in total. The monoisotopic (exact) mass is 195 g/mol. The molecule has 14 heavy (non-hydrogen) atoms. The van der Waals surface area contributed by atoms with Gasteiger partial charge in [-0.25, -0.2) is 0 Å². The zero-order valence-corrected chi connectivity index (χ0v) is 10.2. The van der Waals surface area contributed by atoms with Crippen molar-refractivity contribution in [2.24, 2.45) is 0 Å². The molecule has 1 heterocycles. The third-order valence-electron chi connectivity index (χ3n) is 3.35. The smallest absolute Gasteiger partial charge is 0.0296 e. The molecule has 1 heteroatoms. The topological polar surface area (TPSA) is 3.24 Å². The van der Waals surface area contributed by atoms with E-state index in [9.17, 15) is 0 Å². The Morgan fingerprint density at radius 2 is 1.79 bits per heavy atom. The van der Waals surface area contributed by atoms with Crippen molar-refractivity contribution in [2.45, 2.75) is 71.9 Å². The Kier molecular flexibility index (Phi) is 4.50. The second-order valence-corrected chi connectivity index (χ2v) is 4.28. The van der Waals surface area contributed by atoms with Gasteiger partial charge in [-0.3, -0.25) is 0 Å². The van der Waals surface area contributed by atoms with E-state index in [-0.39, 0.29) is 0 Å². The van der Waals surface area contributed by atoms with Crippen LogP contribution in [-0.2, 0) is 0 Å². The van der Waals surface area contributed by atoms with Crippen molar-refractivity contribution >= 4 is 0 Å². The molecule has 0 aromatic carbocycles. The molecular weight excluding hydrogens is 170 g/mol. The van der Waals surface area contributed by atoms with E-state index >= 15 is 0 Å². The van der Waals surface area contributed by atoms with E-state index in [4.69, 9.17) is 0 Å². The summed E-state index contributed by atoms with van der Waals surface area (Å²) in [7, 11) is 0. The molecule has 1 saturated carbocycles. The largest absolute Gasteiger partial charge is 0.369 e. The molecule has 0 amide bonds. The zero-order chi connectivity index (χ0) is 10.6. The number of hydrogen-bond donors (Lipinski definition) is 0. The van der Waals surface area contributed by atoms with Gasteiger partial charge >= 0.3 is 0 Å². The summed E-state index contributed by atoms with van der Waals surface area (Å²) in [6.45, 7) is 8.62. The molecule has 2 rings (SSSR count). The standard InChI is InChI=1S/C11H19N.C2H6/c1-9-7-8-10(2)12(9)11-5-3-4-6-11;1-2/h7,10-11H,3-6,8H2,1-2H3;1-2H3. The fraction of sp³-hybridized carbons (Fsp3) is 0.846. The number of hydrogen-bond acceptors (Lipinski definition) is 1. The Balaban J connectivity index is 0.000000461. The maximum Gasteiger partial charge on any atom is 0.0296 e. The van der Waals surface area contributed by atoms with E-state index in [1.165, 1.54) is 37.8 Å². The van der Waals surface area contributed by atoms with Gasteiger partial charge in [0.2, 0.25) is 0 Å². The van der Waals surface area contributed by atoms with Gasteiger partial charge in [-0.2, -0.15) is 0 Å². The SMILES string of the molecule is CC.CC1=CCC(C)N1C1CCCC1. The summed E-state index contributed by atoms with van der Waals surface area (Å²) in [4.78, 5) is 2.65. The van der Waals surface area contributed by atoms with E-state index < -0.39 is 0 Å². The van der Waals surface area contributed by atoms with E-state index in [1.807, 2.05) is 13.8 Å². The Bertz CT molecular complexity index is 189. The van der Waals surface area contributed by atoms with Gasteiger partial charge in [0.05, 0.1) is 0 Å². The summed E-state index contributed by atoms with van der Waals surface area (Å²) >= 11 is 0. The third-order valence-corrected chi connectivity index (χ3v) is 3.35. The van der Waals surface area contributed by atoms with Crippen LogP contribution in [0.2, 0.25) is 0 Å². The molecule has 1 aliphatic heterocycles. The summed E-state index contributed by atoms with van der Waals surface area (Å²) in [6.07, 6.45) is 9.40. The van der Waals surface area contributed by atoms with Crippen molar-refractivity contribution in [3.8, 4) is 0 Å². The lowest BCUT2D eigenvalue weighted by molar-refractivity contribution is 0.217. The lowest BCUT2D eigenvalue weighted by Gasteiger charge is -2.32. The second kappa shape index (κ2) is 5.43. The Morgan fingerprint density at radius 1 is 1.21 bits per heavy atom. The van der Waals surface area contributed by atoms with Gasteiger partial charge in [0.15, 0.2) is 0 Å². The molecule has 0 N–H and O–H groups in total. The molecule has 0 aromatic heterocycles. The van der Waals surface area contributed by atoms with Crippen LogP contribution in [0.4, 0.5) is 0 Å². The molecule has 0 radical (unpaired) electrons. The highest BCUT2D eigenvalue weighted by Gasteiger charge is 2.28. The lowest BCUT2D eigenvalue weighted by atomic mass is 10.1. The molecule has 2 aliphatic rings. The van der Waals surface area contributed by atoms with Crippen LogP contribution in [0.5, 0.6) is 0 Å². The first-order valence-electron chi connectivity index (χ1n) is 6.24. The number of rotatable bonds is 1. The Hall–Kier alpha value is -0.460. The van der Waals surface area contributed by atoms with Crippen molar-refractivity contribution in [1.82, 2.24) is 4.90 Å². The molecule has 1 atom stereocenters. The van der Waals surface area contributed by atoms with Crippen LogP contribution < -0.4 is 0 Å². The summed E-state index contributed by atoms with van der Waals surface area (Å²) in [5, 5.41) is 0. The van der Waals surface area contributed by atoms with Gasteiger partial charge in [-0.05, 0) is 33.1 Å². The molecule has 0 spiro atoms. The van der Waals surface area contributed by atoms with Gasteiger partial charge in [0.1, 0.15) is 0 Å². The zero-order valence-electron chi connectivity index (χ0n) is 10.2. The fourth-order valence-electron chi connectivity index (χ4n) is 2.74. The lowest BCUT2D eigenvalue weighted by Crippen LogP contribution is -2.35. The fourth-order valence-corrected chi connectivity index (χ4v) is 2.74. The Labute approximate surface area is 89.2 Å². The molecule has 1 unspecified atom stereocenters. The minimum atomic E-state index is 0.771. The first-order valence-corrected chi connectivity index (χ1v) is 6.24. The number of allylic oxidation sites excluding steroid dienone is 1. The van der Waals surface area contributed by atoms with Crippen molar-refractivity contribution < 1.29 is 0 Å². The molecule has 0 saturated heterocycles. The van der Waals surface area contributed by atoms with Gasteiger partial charge in [-0.15, -0.1) is 0 Å². The summed E-state index contributed by atoms with van der Waals surface area (Å²) in [5.41, 5.74) is 1.52. The van der Waals surface area contributed by atoms with Crippen LogP contribution in [0.1, 0.15) is 59.8 Å². The molecule has 0 bridgehead atoms. The van der Waals surface area contributed by atoms with Crippen molar-refractivity contribution in [3.63, 3.8) is 0 Å². The average molecular weight is 195 g/mol. The summed E-state index contributed by atoms with van der Waals surface area (Å²) in [6, 6.07) is 1.65. The molecular formula is C13H25N. The van der Waals surface area contributed by atoms with E-state index in [1.54, 1.807) is 0 Å². The maximum absolute atomic E-state index is 2.65. The molecule has 1 aliphatic carbocycles. The van der Waals surface area contributed by atoms with Gasteiger partial charge in [-0.1, -0.05) is 32.8 Å². The third kappa shape index (κ3) is 2.31. The van der Waals surface area contributed by atoms with E-state index in [0.29, 0.717) is 0 Å². The normalized spacial score (nSPS) is 27.3. The molecule has 1 fully saturated rings. The number of nitrogens with zero attached hydrogens (tertiary/aromatic N) is 1. The maximum atomic E-state index is 2.65. The van der Waals surface area contributed by atoms with Crippen LogP contribution in [0.3, 0.4) is 0 Å². The van der Waals surface area contributed by atoms with Crippen LogP contribution in [0.25, 0.3) is 0 Å². The summed E-state index contributed by atoms with van der Waals surface area (Å²) in [5.74, 6) is 0. The van der Waals surface area contributed by atoms with Crippen molar-refractivity contribution in [2.75, 3.05) is 0 Å². The average Bonchev–Trinajstić information content (AvgIpc) is 2.80. The molecule has 82 valence electrons. The Morgan fingerprint density at radius 3 is 2.21 bits per heavy atom. The highest BCUT2D eigenvalue weighted by Crippen LogP contribution is 2.32. The van der Waals surface area contributed by atoms with Crippen LogP contribution in [0.15, 0.2) is 11.8 Å². The first-order chi connectivity index (χ1) is 6.79. The van der Waals surface area contributed by atoms with Crippen LogP contribution >= 0.6 is 0 Å². The predicted octanol–water partition coefficient (Wildman–Crippen LogP) is 3.95. The highest BCUT2D eigenvalue weighted by molar-refractivity contribution is 5.10. The van der Waals surface area contributed by atoms with Crippen molar-refractivity contribution in [1.29, 1.82) is 0 Å².